The van der Waals surface area contributed by atoms with Gasteiger partial charge in [-0.2, -0.15) is 0 Å². The highest BCUT2D eigenvalue weighted by Crippen LogP contribution is 2.24. The maximum absolute atomic E-state index is 10.6. The molecule has 0 unspecified atom stereocenters. The number of benzene rings is 1. The molecule has 3 heteroatoms. The Morgan fingerprint density at radius 1 is 1.33 bits per heavy atom. The van der Waals surface area contributed by atoms with Crippen molar-refractivity contribution in [3.8, 4) is 5.75 Å². The van der Waals surface area contributed by atoms with Crippen LogP contribution in [0.2, 0.25) is 0 Å². The second-order valence-corrected chi connectivity index (χ2v) is 3.42. The third kappa shape index (κ3) is 2.84. The molecule has 0 aliphatic rings. The number of rotatable bonds is 3. The zero-order valence-corrected chi connectivity index (χ0v) is 9.20. The van der Waals surface area contributed by atoms with Gasteiger partial charge in [-0.1, -0.05) is 0 Å². The predicted molar refractivity (Wildman–Crippen MR) is 60.7 cm³/mol. The van der Waals surface area contributed by atoms with E-state index >= 15 is 0 Å². The Hall–Kier alpha value is -1.77. The van der Waals surface area contributed by atoms with Crippen LogP contribution in [0.1, 0.15) is 16.7 Å². The van der Waals surface area contributed by atoms with Crippen LogP contribution in [0.3, 0.4) is 0 Å². The first-order chi connectivity index (χ1) is 7.04. The summed E-state index contributed by atoms with van der Waals surface area (Å²) in [6.45, 7) is 3.93. The normalized spacial score (nSPS) is 10.6. The lowest BCUT2D eigenvalue weighted by Crippen LogP contribution is -2.05. The SMILES string of the molecule is COc1c(C)cc(/C=C\C(N)=O)cc1C. The van der Waals surface area contributed by atoms with Gasteiger partial charge in [-0.15, -0.1) is 0 Å². The van der Waals surface area contributed by atoms with Crippen molar-refractivity contribution in [3.05, 3.63) is 34.9 Å². The number of carbonyl (C=O) groups excluding carboxylic acids is 1. The zero-order chi connectivity index (χ0) is 11.4. The summed E-state index contributed by atoms with van der Waals surface area (Å²) in [5.74, 6) is 0.437. The highest BCUT2D eigenvalue weighted by atomic mass is 16.5. The van der Waals surface area contributed by atoms with E-state index in [1.807, 2.05) is 26.0 Å². The molecule has 0 saturated carbocycles. The fourth-order valence-electron chi connectivity index (χ4n) is 1.58. The maximum atomic E-state index is 10.6. The van der Waals surface area contributed by atoms with E-state index in [2.05, 4.69) is 0 Å². The highest BCUT2D eigenvalue weighted by molar-refractivity contribution is 5.90. The van der Waals surface area contributed by atoms with Gasteiger partial charge in [0.15, 0.2) is 0 Å². The summed E-state index contributed by atoms with van der Waals surface area (Å²) >= 11 is 0. The minimum Gasteiger partial charge on any atom is -0.496 e. The van der Waals surface area contributed by atoms with E-state index in [4.69, 9.17) is 10.5 Å². The van der Waals surface area contributed by atoms with E-state index in [9.17, 15) is 4.79 Å². The van der Waals surface area contributed by atoms with Crippen molar-refractivity contribution in [3.63, 3.8) is 0 Å². The summed E-state index contributed by atoms with van der Waals surface area (Å²) in [4.78, 5) is 10.6. The third-order valence-electron chi connectivity index (χ3n) is 2.13. The summed E-state index contributed by atoms with van der Waals surface area (Å²) in [5.41, 5.74) is 8.06. The van der Waals surface area contributed by atoms with Crippen LogP contribution in [0, 0.1) is 13.8 Å². The lowest BCUT2D eigenvalue weighted by molar-refractivity contribution is -0.113. The molecule has 0 saturated heterocycles. The molecule has 0 fully saturated rings. The zero-order valence-electron chi connectivity index (χ0n) is 9.20. The minimum absolute atomic E-state index is 0.443. The fraction of sp³-hybridized carbons (Fsp3) is 0.250. The molecule has 1 rings (SSSR count). The van der Waals surface area contributed by atoms with Gasteiger partial charge in [-0.05, 0) is 48.7 Å². The molecule has 3 nitrogen and oxygen atoms in total. The number of aryl methyl sites for hydroxylation is 2. The van der Waals surface area contributed by atoms with E-state index < -0.39 is 5.91 Å². The second-order valence-electron chi connectivity index (χ2n) is 3.42. The maximum Gasteiger partial charge on any atom is 0.241 e. The van der Waals surface area contributed by atoms with Crippen LogP contribution in [0.5, 0.6) is 5.75 Å². The highest BCUT2D eigenvalue weighted by Gasteiger charge is 2.03. The number of ether oxygens (including phenoxy) is 1. The standard InChI is InChI=1S/C12H15NO2/c1-8-6-10(4-5-11(13)14)7-9(2)12(8)15-3/h4-7H,1-3H3,(H2,13,14)/b5-4-. The van der Waals surface area contributed by atoms with Crippen LogP contribution in [-0.4, -0.2) is 13.0 Å². The number of amides is 1. The average molecular weight is 205 g/mol. The molecule has 0 radical (unpaired) electrons. The first-order valence-electron chi connectivity index (χ1n) is 4.67. The van der Waals surface area contributed by atoms with Gasteiger partial charge in [0, 0.05) is 6.08 Å². The summed E-state index contributed by atoms with van der Waals surface area (Å²) in [5, 5.41) is 0. The summed E-state index contributed by atoms with van der Waals surface area (Å²) in [6, 6.07) is 3.90. The molecular formula is C12H15NO2. The molecule has 0 aliphatic carbocycles. The van der Waals surface area contributed by atoms with Gasteiger partial charge in [-0.3, -0.25) is 4.79 Å². The van der Waals surface area contributed by atoms with Gasteiger partial charge in [0.05, 0.1) is 7.11 Å². The molecule has 0 atom stereocenters. The van der Waals surface area contributed by atoms with Crippen molar-refractivity contribution in [2.75, 3.05) is 7.11 Å². The number of hydrogen-bond acceptors (Lipinski definition) is 2. The van der Waals surface area contributed by atoms with Crippen LogP contribution in [0.15, 0.2) is 18.2 Å². The van der Waals surface area contributed by atoms with Gasteiger partial charge < -0.3 is 10.5 Å². The second kappa shape index (κ2) is 4.64. The van der Waals surface area contributed by atoms with Crippen molar-refractivity contribution in [2.45, 2.75) is 13.8 Å². The van der Waals surface area contributed by atoms with Crippen LogP contribution < -0.4 is 10.5 Å². The predicted octanol–water partition coefficient (Wildman–Crippen LogP) is 1.81. The smallest absolute Gasteiger partial charge is 0.241 e. The summed E-state index contributed by atoms with van der Waals surface area (Å²) < 4.78 is 5.24. The molecule has 0 bridgehead atoms. The van der Waals surface area contributed by atoms with Crippen molar-refractivity contribution in [2.24, 2.45) is 5.73 Å². The van der Waals surface area contributed by atoms with Crippen molar-refractivity contribution in [1.82, 2.24) is 0 Å². The van der Waals surface area contributed by atoms with Crippen molar-refractivity contribution >= 4 is 12.0 Å². The molecule has 1 amide bonds. The van der Waals surface area contributed by atoms with E-state index in [0.29, 0.717) is 0 Å². The number of primary amides is 1. The Bertz CT molecular complexity index is 385. The Morgan fingerprint density at radius 3 is 2.27 bits per heavy atom. The molecule has 80 valence electrons. The lowest BCUT2D eigenvalue weighted by Gasteiger charge is -2.09. The molecule has 0 heterocycles. The summed E-state index contributed by atoms with van der Waals surface area (Å²) in [7, 11) is 1.65. The molecule has 0 spiro atoms. The molecular weight excluding hydrogens is 190 g/mol. The van der Waals surface area contributed by atoms with Crippen LogP contribution in [0.4, 0.5) is 0 Å². The first kappa shape index (κ1) is 11.3. The lowest BCUT2D eigenvalue weighted by atomic mass is 10.1. The van der Waals surface area contributed by atoms with Crippen LogP contribution in [-0.2, 0) is 4.79 Å². The third-order valence-corrected chi connectivity index (χ3v) is 2.13. The van der Waals surface area contributed by atoms with Crippen molar-refractivity contribution < 1.29 is 9.53 Å². The Labute approximate surface area is 89.5 Å². The molecule has 1 aromatic rings. The van der Waals surface area contributed by atoms with Gasteiger partial charge >= 0.3 is 0 Å². The monoisotopic (exact) mass is 205 g/mol. The molecule has 0 aliphatic heterocycles. The molecule has 0 aromatic heterocycles. The van der Waals surface area contributed by atoms with E-state index in [0.717, 1.165) is 22.4 Å². The molecule has 2 N–H and O–H groups in total. The van der Waals surface area contributed by atoms with Gasteiger partial charge in [-0.25, -0.2) is 0 Å². The Balaban J connectivity index is 3.09. The average Bonchev–Trinajstić information content (AvgIpc) is 2.14. The Morgan fingerprint density at radius 2 is 1.87 bits per heavy atom. The number of methoxy groups -OCH3 is 1. The van der Waals surface area contributed by atoms with Crippen LogP contribution >= 0.6 is 0 Å². The first-order valence-corrected chi connectivity index (χ1v) is 4.67. The van der Waals surface area contributed by atoms with Crippen molar-refractivity contribution in [1.29, 1.82) is 0 Å². The fourth-order valence-corrected chi connectivity index (χ4v) is 1.58. The number of hydrogen-bond donors (Lipinski definition) is 1. The number of nitrogens with two attached hydrogens (primary N) is 1. The molecule has 15 heavy (non-hydrogen) atoms. The van der Waals surface area contributed by atoms with Gasteiger partial charge in [0.2, 0.25) is 5.91 Å². The summed E-state index contributed by atoms with van der Waals surface area (Å²) in [6.07, 6.45) is 3.04. The molecule has 1 aromatic carbocycles. The Kier molecular flexibility index (Phi) is 3.50. The van der Waals surface area contributed by atoms with Gasteiger partial charge in [0.25, 0.3) is 0 Å². The topological polar surface area (TPSA) is 52.3 Å². The largest absolute Gasteiger partial charge is 0.496 e. The van der Waals surface area contributed by atoms with Gasteiger partial charge in [0.1, 0.15) is 5.75 Å². The van der Waals surface area contributed by atoms with Crippen LogP contribution in [0.25, 0.3) is 6.08 Å². The van der Waals surface area contributed by atoms with E-state index in [1.54, 1.807) is 13.2 Å². The van der Waals surface area contributed by atoms with E-state index in [1.165, 1.54) is 6.08 Å². The quantitative estimate of drug-likeness (QED) is 0.765. The number of carbonyl (C=O) groups is 1. The van der Waals surface area contributed by atoms with E-state index in [-0.39, 0.29) is 0 Å². The minimum atomic E-state index is -0.443.